The van der Waals surface area contributed by atoms with Crippen molar-refractivity contribution in [1.82, 2.24) is 4.90 Å². The van der Waals surface area contributed by atoms with Gasteiger partial charge in [-0.15, -0.1) is 0 Å². The fourth-order valence-electron chi connectivity index (χ4n) is 2.92. The zero-order valence-electron chi connectivity index (χ0n) is 11.6. The van der Waals surface area contributed by atoms with Crippen LogP contribution in [0.4, 0.5) is 16.2 Å². The van der Waals surface area contributed by atoms with Crippen LogP contribution < -0.4 is 10.6 Å². The first-order valence-electron chi connectivity index (χ1n) is 7.28. The van der Waals surface area contributed by atoms with E-state index >= 15 is 0 Å². The molecule has 0 radical (unpaired) electrons. The van der Waals surface area contributed by atoms with Gasteiger partial charge in [0.25, 0.3) is 0 Å². The number of anilines is 2. The summed E-state index contributed by atoms with van der Waals surface area (Å²) < 4.78 is 5.61. The van der Waals surface area contributed by atoms with Gasteiger partial charge in [0.05, 0.1) is 17.5 Å². The van der Waals surface area contributed by atoms with Crippen LogP contribution in [0.1, 0.15) is 19.3 Å². The van der Waals surface area contributed by atoms with Gasteiger partial charge in [-0.3, -0.25) is 4.90 Å². The Balaban J connectivity index is 1.60. The molecule has 1 aromatic rings. The summed E-state index contributed by atoms with van der Waals surface area (Å²) in [6, 6.07) is 7.58. The molecular formula is C15H21N3O2. The van der Waals surface area contributed by atoms with Crippen LogP contribution in [0.2, 0.25) is 0 Å². The van der Waals surface area contributed by atoms with E-state index in [1.807, 2.05) is 29.2 Å². The molecule has 108 valence electrons. The van der Waals surface area contributed by atoms with Gasteiger partial charge in [-0.25, -0.2) is 4.79 Å². The van der Waals surface area contributed by atoms with E-state index in [4.69, 9.17) is 10.5 Å². The maximum atomic E-state index is 12.4. The zero-order chi connectivity index (χ0) is 13.9. The first-order valence-corrected chi connectivity index (χ1v) is 7.28. The third-order valence-corrected chi connectivity index (χ3v) is 4.07. The van der Waals surface area contributed by atoms with Crippen molar-refractivity contribution < 1.29 is 9.53 Å². The highest BCUT2D eigenvalue weighted by Gasteiger charge is 2.30. The summed E-state index contributed by atoms with van der Waals surface area (Å²) in [5.74, 6) is 0. The van der Waals surface area contributed by atoms with E-state index in [2.05, 4.69) is 0 Å². The molecule has 5 nitrogen and oxygen atoms in total. The van der Waals surface area contributed by atoms with Crippen LogP contribution in [0.3, 0.4) is 0 Å². The molecule has 2 amide bonds. The summed E-state index contributed by atoms with van der Waals surface area (Å²) in [6.07, 6.45) is 3.53. The zero-order valence-corrected chi connectivity index (χ0v) is 11.6. The van der Waals surface area contributed by atoms with Crippen molar-refractivity contribution in [3.05, 3.63) is 24.3 Å². The minimum absolute atomic E-state index is 0.0564. The highest BCUT2D eigenvalue weighted by molar-refractivity contribution is 5.97. The van der Waals surface area contributed by atoms with Crippen LogP contribution in [0.5, 0.6) is 0 Å². The van der Waals surface area contributed by atoms with E-state index in [1.165, 1.54) is 0 Å². The number of hydrogen-bond donors (Lipinski definition) is 1. The Morgan fingerprint density at radius 3 is 2.90 bits per heavy atom. The van der Waals surface area contributed by atoms with Crippen molar-refractivity contribution in [2.45, 2.75) is 25.4 Å². The van der Waals surface area contributed by atoms with Gasteiger partial charge in [0, 0.05) is 26.2 Å². The van der Waals surface area contributed by atoms with Crippen LogP contribution in [0, 0.1) is 0 Å². The van der Waals surface area contributed by atoms with Gasteiger partial charge in [0.15, 0.2) is 0 Å². The molecule has 2 fully saturated rings. The molecule has 1 unspecified atom stereocenters. The molecule has 2 N–H and O–H groups in total. The van der Waals surface area contributed by atoms with Crippen molar-refractivity contribution in [3.63, 3.8) is 0 Å². The summed E-state index contributed by atoms with van der Waals surface area (Å²) >= 11 is 0. The second kappa shape index (κ2) is 5.71. The lowest BCUT2D eigenvalue weighted by Gasteiger charge is -2.20. The summed E-state index contributed by atoms with van der Waals surface area (Å²) in [6.45, 7) is 3.11. The molecule has 2 aliphatic rings. The maximum Gasteiger partial charge on any atom is 0.324 e. The lowest BCUT2D eigenvalue weighted by Crippen LogP contribution is -2.33. The van der Waals surface area contributed by atoms with E-state index in [0.717, 1.165) is 44.6 Å². The number of nitrogens with two attached hydrogens (primary N) is 1. The number of benzene rings is 1. The van der Waals surface area contributed by atoms with Gasteiger partial charge < -0.3 is 15.4 Å². The topological polar surface area (TPSA) is 58.8 Å². The molecule has 0 bridgehead atoms. The number of hydrogen-bond acceptors (Lipinski definition) is 3. The molecule has 0 aromatic heterocycles. The molecule has 2 saturated heterocycles. The predicted molar refractivity (Wildman–Crippen MR) is 78.8 cm³/mol. The van der Waals surface area contributed by atoms with Gasteiger partial charge in [-0.1, -0.05) is 12.1 Å². The SMILES string of the molecule is Nc1ccccc1N1CCN(CCC2CCCO2)C1=O. The second-order valence-electron chi connectivity index (χ2n) is 5.40. The van der Waals surface area contributed by atoms with E-state index in [1.54, 1.807) is 4.90 Å². The molecule has 1 aromatic carbocycles. The summed E-state index contributed by atoms with van der Waals surface area (Å²) in [5.41, 5.74) is 7.42. The largest absolute Gasteiger partial charge is 0.397 e. The Hall–Kier alpha value is -1.75. The van der Waals surface area contributed by atoms with E-state index in [-0.39, 0.29) is 6.03 Å². The van der Waals surface area contributed by atoms with Gasteiger partial charge in [-0.05, 0) is 31.4 Å². The Kier molecular flexibility index (Phi) is 3.78. The molecule has 2 heterocycles. The van der Waals surface area contributed by atoms with Crippen LogP contribution in [-0.2, 0) is 4.74 Å². The van der Waals surface area contributed by atoms with Crippen molar-refractivity contribution in [3.8, 4) is 0 Å². The monoisotopic (exact) mass is 275 g/mol. The second-order valence-corrected chi connectivity index (χ2v) is 5.40. The summed E-state index contributed by atoms with van der Waals surface area (Å²) in [7, 11) is 0. The van der Waals surface area contributed by atoms with Crippen LogP contribution in [0.15, 0.2) is 24.3 Å². The number of amides is 2. The third-order valence-electron chi connectivity index (χ3n) is 4.07. The van der Waals surface area contributed by atoms with Crippen molar-refractivity contribution in [2.24, 2.45) is 0 Å². The number of nitrogens with zero attached hydrogens (tertiary/aromatic N) is 2. The number of ether oxygens (including phenoxy) is 1. The molecule has 2 aliphatic heterocycles. The molecule has 0 aliphatic carbocycles. The Bertz CT molecular complexity index is 486. The van der Waals surface area contributed by atoms with Crippen molar-refractivity contribution in [2.75, 3.05) is 36.9 Å². The van der Waals surface area contributed by atoms with E-state index < -0.39 is 0 Å². The fraction of sp³-hybridized carbons (Fsp3) is 0.533. The first kappa shape index (κ1) is 13.2. The quantitative estimate of drug-likeness (QED) is 0.856. The summed E-state index contributed by atoms with van der Waals surface area (Å²) in [5, 5.41) is 0. The minimum atomic E-state index is 0.0564. The lowest BCUT2D eigenvalue weighted by molar-refractivity contribution is 0.0973. The van der Waals surface area contributed by atoms with Crippen LogP contribution >= 0.6 is 0 Å². The molecule has 20 heavy (non-hydrogen) atoms. The van der Waals surface area contributed by atoms with Gasteiger partial charge in [0.2, 0.25) is 0 Å². The molecule has 1 atom stereocenters. The lowest BCUT2D eigenvalue weighted by atomic mass is 10.2. The Labute approximate surface area is 119 Å². The standard InChI is InChI=1S/C15H21N3O2/c16-13-5-1-2-6-14(13)18-10-9-17(15(18)19)8-7-12-4-3-11-20-12/h1-2,5-6,12H,3-4,7-11,16H2. The number of carbonyl (C=O) groups is 1. The van der Waals surface area contributed by atoms with Gasteiger partial charge >= 0.3 is 6.03 Å². The molecule has 3 rings (SSSR count). The van der Waals surface area contributed by atoms with Gasteiger partial charge in [-0.2, -0.15) is 0 Å². The maximum absolute atomic E-state index is 12.4. The van der Waals surface area contributed by atoms with Crippen molar-refractivity contribution in [1.29, 1.82) is 0 Å². The van der Waals surface area contributed by atoms with E-state index in [0.29, 0.717) is 18.3 Å². The number of urea groups is 1. The predicted octanol–water partition coefficient (Wildman–Crippen LogP) is 2.08. The van der Waals surface area contributed by atoms with E-state index in [9.17, 15) is 4.79 Å². The molecular weight excluding hydrogens is 254 g/mol. The highest BCUT2D eigenvalue weighted by Crippen LogP contribution is 2.26. The normalized spacial score (nSPS) is 22.8. The average molecular weight is 275 g/mol. The van der Waals surface area contributed by atoms with Crippen molar-refractivity contribution >= 4 is 17.4 Å². The minimum Gasteiger partial charge on any atom is -0.397 e. The van der Waals surface area contributed by atoms with Crippen LogP contribution in [-0.4, -0.2) is 43.3 Å². The average Bonchev–Trinajstić information content (AvgIpc) is 3.07. The van der Waals surface area contributed by atoms with Crippen LogP contribution in [0.25, 0.3) is 0 Å². The first-order chi connectivity index (χ1) is 9.75. The Morgan fingerprint density at radius 2 is 2.15 bits per heavy atom. The number of para-hydroxylation sites is 2. The molecule has 0 saturated carbocycles. The molecule has 0 spiro atoms. The van der Waals surface area contributed by atoms with Gasteiger partial charge in [0.1, 0.15) is 0 Å². The smallest absolute Gasteiger partial charge is 0.324 e. The third kappa shape index (κ3) is 2.58. The fourth-order valence-corrected chi connectivity index (χ4v) is 2.92. The highest BCUT2D eigenvalue weighted by atomic mass is 16.5. The number of rotatable bonds is 4. The number of carbonyl (C=O) groups excluding carboxylic acids is 1. The summed E-state index contributed by atoms with van der Waals surface area (Å²) in [4.78, 5) is 16.1. The Morgan fingerprint density at radius 1 is 1.30 bits per heavy atom. The molecule has 5 heteroatoms. The number of nitrogen functional groups attached to an aromatic ring is 1.